The van der Waals surface area contributed by atoms with Gasteiger partial charge in [-0.1, -0.05) is 60.7 Å². The molecule has 5 nitrogen and oxygen atoms in total. The van der Waals surface area contributed by atoms with Gasteiger partial charge in [-0.15, -0.1) is 0 Å². The van der Waals surface area contributed by atoms with Gasteiger partial charge in [-0.3, -0.25) is 4.79 Å². The first kappa shape index (κ1) is 20.9. The van der Waals surface area contributed by atoms with Crippen molar-refractivity contribution in [2.75, 3.05) is 27.2 Å². The summed E-state index contributed by atoms with van der Waals surface area (Å²) in [6, 6.07) is 21.0. The third-order valence-corrected chi connectivity index (χ3v) is 5.53. The van der Waals surface area contributed by atoms with E-state index in [0.29, 0.717) is 5.96 Å². The maximum atomic E-state index is 12.0. The van der Waals surface area contributed by atoms with Gasteiger partial charge in [0.1, 0.15) is 6.54 Å². The number of aliphatic imine (C=N–C) groups is 1. The fraction of sp³-hybridized carbons (Fsp3) is 0.417. The summed E-state index contributed by atoms with van der Waals surface area (Å²) in [5.74, 6) is 0.680. The first-order chi connectivity index (χ1) is 14.0. The van der Waals surface area contributed by atoms with Gasteiger partial charge in [0.15, 0.2) is 5.96 Å². The number of hydrogen-bond acceptors (Lipinski definition) is 2. The third kappa shape index (κ3) is 6.34. The molecule has 29 heavy (non-hydrogen) atoms. The van der Waals surface area contributed by atoms with Crippen molar-refractivity contribution in [3.63, 3.8) is 0 Å². The van der Waals surface area contributed by atoms with E-state index in [4.69, 9.17) is 0 Å². The number of carbonyl (C=O) groups excluding carboxylic acids is 1. The number of guanidine groups is 1. The Morgan fingerprint density at radius 3 is 2.28 bits per heavy atom. The number of nitrogens with zero attached hydrogens (tertiary/aromatic N) is 2. The second kappa shape index (κ2) is 9.59. The van der Waals surface area contributed by atoms with Gasteiger partial charge in [-0.25, -0.2) is 4.99 Å². The van der Waals surface area contributed by atoms with E-state index >= 15 is 0 Å². The lowest BCUT2D eigenvalue weighted by atomic mass is 9.96. The van der Waals surface area contributed by atoms with Crippen LogP contribution in [0.2, 0.25) is 0 Å². The molecular weight excluding hydrogens is 360 g/mol. The minimum Gasteiger partial charge on any atom is -0.356 e. The van der Waals surface area contributed by atoms with Crippen molar-refractivity contribution in [2.24, 2.45) is 10.4 Å². The molecule has 0 heterocycles. The van der Waals surface area contributed by atoms with Crippen molar-refractivity contribution in [1.29, 1.82) is 0 Å². The Bertz CT molecular complexity index is 813. The molecule has 0 aliphatic heterocycles. The van der Waals surface area contributed by atoms with E-state index in [9.17, 15) is 4.79 Å². The van der Waals surface area contributed by atoms with Crippen LogP contribution in [-0.4, -0.2) is 44.0 Å². The molecule has 3 rings (SSSR count). The first-order valence-corrected chi connectivity index (χ1v) is 10.3. The number of carbonyl (C=O) groups is 1. The van der Waals surface area contributed by atoms with Gasteiger partial charge < -0.3 is 15.5 Å². The second-order valence-electron chi connectivity index (χ2n) is 8.25. The molecule has 154 valence electrons. The minimum atomic E-state index is -0.0103. The van der Waals surface area contributed by atoms with Crippen molar-refractivity contribution < 1.29 is 4.79 Å². The number of likely N-dealkylation sites (N-methyl/N-ethyl adjacent to an activating group) is 1. The maximum Gasteiger partial charge on any atom is 0.243 e. The lowest BCUT2D eigenvalue weighted by Crippen LogP contribution is -2.42. The summed E-state index contributed by atoms with van der Waals surface area (Å²) < 4.78 is 0. The van der Waals surface area contributed by atoms with Gasteiger partial charge in [0.25, 0.3) is 0 Å². The molecule has 1 unspecified atom stereocenters. The maximum absolute atomic E-state index is 12.0. The zero-order valence-corrected chi connectivity index (χ0v) is 17.7. The average Bonchev–Trinajstić information content (AvgIpc) is 3.50. The lowest BCUT2D eigenvalue weighted by Gasteiger charge is -2.22. The van der Waals surface area contributed by atoms with Crippen LogP contribution in [0.3, 0.4) is 0 Å². The van der Waals surface area contributed by atoms with Crippen LogP contribution in [0.1, 0.15) is 36.9 Å². The van der Waals surface area contributed by atoms with Crippen LogP contribution in [0.4, 0.5) is 0 Å². The molecule has 5 heteroatoms. The minimum absolute atomic E-state index is 0.0103. The van der Waals surface area contributed by atoms with Crippen LogP contribution in [0.5, 0.6) is 0 Å². The zero-order valence-electron chi connectivity index (χ0n) is 17.7. The lowest BCUT2D eigenvalue weighted by molar-refractivity contribution is -0.127. The highest BCUT2D eigenvalue weighted by molar-refractivity contribution is 5.85. The summed E-state index contributed by atoms with van der Waals surface area (Å²) in [4.78, 5) is 18.1. The van der Waals surface area contributed by atoms with Crippen LogP contribution in [-0.2, 0) is 11.2 Å². The van der Waals surface area contributed by atoms with Crippen molar-refractivity contribution in [1.82, 2.24) is 15.5 Å². The van der Waals surface area contributed by atoms with E-state index in [1.54, 1.807) is 19.0 Å². The highest BCUT2D eigenvalue weighted by atomic mass is 16.2. The molecule has 2 aromatic carbocycles. The van der Waals surface area contributed by atoms with E-state index in [-0.39, 0.29) is 23.9 Å². The molecule has 1 atom stereocenters. The molecule has 2 N–H and O–H groups in total. The molecule has 0 saturated heterocycles. The van der Waals surface area contributed by atoms with Crippen LogP contribution >= 0.6 is 0 Å². The number of rotatable bonds is 8. The molecule has 1 saturated carbocycles. The third-order valence-electron chi connectivity index (χ3n) is 5.53. The number of hydrogen-bond donors (Lipinski definition) is 2. The molecule has 0 aromatic heterocycles. The van der Waals surface area contributed by atoms with Crippen LogP contribution in [0.25, 0.3) is 0 Å². The Kier molecular flexibility index (Phi) is 6.91. The predicted molar refractivity (Wildman–Crippen MR) is 119 cm³/mol. The SMILES string of the molecule is CC(NC(=NCC(=O)N(C)C)NCC1(Cc2ccccc2)CC1)c1ccccc1. The van der Waals surface area contributed by atoms with E-state index in [1.165, 1.54) is 24.0 Å². The Morgan fingerprint density at radius 2 is 1.69 bits per heavy atom. The van der Waals surface area contributed by atoms with E-state index < -0.39 is 0 Å². The van der Waals surface area contributed by atoms with Crippen molar-refractivity contribution in [2.45, 2.75) is 32.2 Å². The molecule has 0 spiro atoms. The Morgan fingerprint density at radius 1 is 1.07 bits per heavy atom. The molecule has 0 bridgehead atoms. The first-order valence-electron chi connectivity index (χ1n) is 10.3. The molecule has 1 amide bonds. The van der Waals surface area contributed by atoms with Gasteiger partial charge in [0, 0.05) is 20.6 Å². The molecule has 1 aliphatic carbocycles. The normalized spacial score (nSPS) is 16.0. The van der Waals surface area contributed by atoms with Crippen molar-refractivity contribution in [3.8, 4) is 0 Å². The van der Waals surface area contributed by atoms with Crippen LogP contribution < -0.4 is 10.6 Å². The molecule has 0 radical (unpaired) electrons. The predicted octanol–water partition coefficient (Wildman–Crippen LogP) is 3.39. The smallest absolute Gasteiger partial charge is 0.243 e. The zero-order chi connectivity index (χ0) is 20.7. The van der Waals surface area contributed by atoms with E-state index in [1.807, 2.05) is 18.2 Å². The van der Waals surface area contributed by atoms with Gasteiger partial charge in [0.2, 0.25) is 5.91 Å². The van der Waals surface area contributed by atoms with E-state index in [0.717, 1.165) is 13.0 Å². The van der Waals surface area contributed by atoms with E-state index in [2.05, 4.69) is 65.0 Å². The summed E-state index contributed by atoms with van der Waals surface area (Å²) in [7, 11) is 3.51. The molecule has 1 aliphatic rings. The number of amides is 1. The largest absolute Gasteiger partial charge is 0.356 e. The van der Waals surface area contributed by atoms with Gasteiger partial charge in [-0.05, 0) is 42.7 Å². The highest BCUT2D eigenvalue weighted by Gasteiger charge is 2.42. The quantitative estimate of drug-likeness (QED) is 0.535. The van der Waals surface area contributed by atoms with Crippen LogP contribution in [0.15, 0.2) is 65.7 Å². The average molecular weight is 393 g/mol. The molecule has 2 aromatic rings. The summed E-state index contributed by atoms with van der Waals surface area (Å²) in [6.07, 6.45) is 3.50. The Balaban J connectivity index is 1.64. The van der Waals surface area contributed by atoms with Crippen molar-refractivity contribution in [3.05, 3.63) is 71.8 Å². The number of nitrogens with one attached hydrogen (secondary N) is 2. The molecule has 1 fully saturated rings. The topological polar surface area (TPSA) is 56.7 Å². The van der Waals surface area contributed by atoms with Crippen molar-refractivity contribution >= 4 is 11.9 Å². The Labute approximate surface area is 174 Å². The summed E-state index contributed by atoms with van der Waals surface area (Å²) in [5.41, 5.74) is 2.84. The summed E-state index contributed by atoms with van der Waals surface area (Å²) in [5, 5.41) is 6.97. The summed E-state index contributed by atoms with van der Waals surface area (Å²) in [6.45, 7) is 3.10. The Hall–Kier alpha value is -2.82. The van der Waals surface area contributed by atoms with Gasteiger partial charge in [-0.2, -0.15) is 0 Å². The molecular formula is C24H32N4O. The second-order valence-corrected chi connectivity index (χ2v) is 8.25. The number of benzene rings is 2. The monoisotopic (exact) mass is 392 g/mol. The highest BCUT2D eigenvalue weighted by Crippen LogP contribution is 2.47. The van der Waals surface area contributed by atoms with Gasteiger partial charge in [0.05, 0.1) is 6.04 Å². The van der Waals surface area contributed by atoms with Gasteiger partial charge >= 0.3 is 0 Å². The standard InChI is InChI=1S/C24H32N4O/c1-19(21-12-8-5-9-13-21)27-23(25-17-22(29)28(2)3)26-18-24(14-15-24)16-20-10-6-4-7-11-20/h4-13,19H,14-18H2,1-3H3,(H2,25,26,27). The fourth-order valence-corrected chi connectivity index (χ4v) is 3.36. The summed E-state index contributed by atoms with van der Waals surface area (Å²) >= 11 is 0. The fourth-order valence-electron chi connectivity index (χ4n) is 3.36. The van der Waals surface area contributed by atoms with Crippen LogP contribution in [0, 0.1) is 5.41 Å².